The molecule has 0 amide bonds. The quantitative estimate of drug-likeness (QED) is 0.476. The van der Waals surface area contributed by atoms with E-state index in [1.165, 1.54) is 5.57 Å². The molecule has 0 spiro atoms. The number of hydrogen-bond donors (Lipinski definition) is 0. The summed E-state index contributed by atoms with van der Waals surface area (Å²) in [7, 11) is 0. The molecule has 84 valence electrons. The predicted molar refractivity (Wildman–Crippen MR) is 69.1 cm³/mol. The molecule has 0 saturated heterocycles. The third kappa shape index (κ3) is 14.1. The first-order valence-electron chi connectivity index (χ1n) is 4.20. The van der Waals surface area contributed by atoms with Crippen molar-refractivity contribution in [2.45, 2.75) is 19.8 Å². The van der Waals surface area contributed by atoms with E-state index in [1.54, 1.807) is 23.3 Å². The summed E-state index contributed by atoms with van der Waals surface area (Å²) < 4.78 is 0. The summed E-state index contributed by atoms with van der Waals surface area (Å²) in [5.74, 6) is 0. The van der Waals surface area contributed by atoms with Crippen LogP contribution in [0, 0.1) is 27.0 Å². The molecule has 0 saturated carbocycles. The summed E-state index contributed by atoms with van der Waals surface area (Å²) in [6, 6.07) is 0. The van der Waals surface area contributed by atoms with Crippen LogP contribution in [0.2, 0.25) is 0 Å². The minimum atomic E-state index is 0. The number of hydrogen-bond acceptors (Lipinski definition) is 0. The van der Waals surface area contributed by atoms with Crippen LogP contribution in [0.1, 0.15) is 19.8 Å². The van der Waals surface area contributed by atoms with E-state index in [0.717, 1.165) is 12.8 Å². The van der Waals surface area contributed by atoms with Crippen LogP contribution < -0.4 is 0 Å². The molecule has 0 heterocycles. The first-order valence-corrected chi connectivity index (χ1v) is 10.1. The zero-order chi connectivity index (χ0) is 9.94. The Hall–Kier alpha value is 0.0600. The van der Waals surface area contributed by atoms with Crippen LogP contribution in [-0.2, 0) is 23.3 Å². The van der Waals surface area contributed by atoms with Gasteiger partial charge in [0.25, 0.3) is 0 Å². The fraction of sp³-hybridized carbons (Fsp3) is 0.231. The zero-order valence-corrected chi connectivity index (χ0v) is 13.9. The molecule has 0 bridgehead atoms. The van der Waals surface area contributed by atoms with E-state index in [2.05, 4.69) is 37.3 Å². The van der Waals surface area contributed by atoms with Crippen LogP contribution in [0.4, 0.5) is 0 Å². The van der Waals surface area contributed by atoms with Crippen molar-refractivity contribution in [3.63, 3.8) is 0 Å². The molecule has 0 aromatic heterocycles. The Morgan fingerprint density at radius 2 is 1.87 bits per heavy atom. The van der Waals surface area contributed by atoms with Gasteiger partial charge in [-0.1, -0.05) is 6.92 Å². The zero-order valence-electron chi connectivity index (χ0n) is 10.0. The summed E-state index contributed by atoms with van der Waals surface area (Å²) in [5.41, 5.74) is 1.27. The first-order chi connectivity index (χ1) is 6.39. The Bertz CT molecular complexity index is 224. The maximum atomic E-state index is 3.12. The molecule has 15 heavy (non-hydrogen) atoms. The topological polar surface area (TPSA) is 0 Å². The van der Waals surface area contributed by atoms with Crippen molar-refractivity contribution in [3.8, 4) is 0 Å². The van der Waals surface area contributed by atoms with Crippen molar-refractivity contribution in [3.05, 3.63) is 63.0 Å². The molecule has 2 aliphatic carbocycles. The number of allylic oxidation sites excluding steroid dienone is 8. The second kappa shape index (κ2) is 16.5. The molecule has 0 fully saturated rings. The van der Waals surface area contributed by atoms with Gasteiger partial charge in [0.05, 0.1) is 0 Å². The molecule has 0 nitrogen and oxygen atoms in total. The van der Waals surface area contributed by atoms with E-state index in [-0.39, 0.29) is 14.9 Å². The van der Waals surface area contributed by atoms with Crippen LogP contribution in [0.3, 0.4) is 0 Å². The van der Waals surface area contributed by atoms with Gasteiger partial charge in [0, 0.05) is 0 Å². The molecule has 0 N–H and O–H groups in total. The third-order valence-corrected chi connectivity index (χ3v) is 1.45. The molecule has 2 rings (SSSR count). The van der Waals surface area contributed by atoms with Crippen molar-refractivity contribution in [2.75, 3.05) is 0 Å². The molecule has 0 aliphatic heterocycles. The average Bonchev–Trinajstić information content (AvgIpc) is 2.81. The Morgan fingerprint density at radius 1 is 1.20 bits per heavy atom. The van der Waals surface area contributed by atoms with E-state index < -0.39 is 0 Å². The first kappa shape index (κ1) is 20.5. The van der Waals surface area contributed by atoms with Crippen molar-refractivity contribution in [1.29, 1.82) is 0 Å². The van der Waals surface area contributed by atoms with Gasteiger partial charge >= 0.3 is 30.2 Å². The Labute approximate surface area is 112 Å². The molecule has 0 atom stereocenters. The van der Waals surface area contributed by atoms with Gasteiger partial charge in [0.2, 0.25) is 0 Å². The van der Waals surface area contributed by atoms with Crippen LogP contribution in [-0.4, -0.2) is 6.88 Å². The molecular weight excluding hydrogens is 275 g/mol. The van der Waals surface area contributed by atoms with Crippen LogP contribution >= 0.6 is 0 Å². The Morgan fingerprint density at radius 3 is 2.00 bits per heavy atom. The van der Waals surface area contributed by atoms with Crippen LogP contribution in [0.15, 0.2) is 36.0 Å². The van der Waals surface area contributed by atoms with Gasteiger partial charge in [0.15, 0.2) is 0 Å². The molecule has 0 radical (unpaired) electrons. The molecule has 0 unspecified atom stereocenters. The third-order valence-electron chi connectivity index (χ3n) is 1.45. The van der Waals surface area contributed by atoms with E-state index >= 15 is 0 Å². The van der Waals surface area contributed by atoms with E-state index in [4.69, 9.17) is 0 Å². The van der Waals surface area contributed by atoms with Crippen LogP contribution in [0.25, 0.3) is 0 Å². The van der Waals surface area contributed by atoms with Gasteiger partial charge in [-0.05, 0) is 0 Å². The average molecular weight is 296 g/mol. The Kier molecular flexibility index (Phi) is 22.5. The monoisotopic (exact) mass is 294 g/mol. The van der Waals surface area contributed by atoms with Gasteiger partial charge in [-0.3, -0.25) is 12.2 Å². The molecule has 0 aromatic carbocycles. The predicted octanol–water partition coefficient (Wildman–Crippen LogP) is 2.98. The van der Waals surface area contributed by atoms with Crippen molar-refractivity contribution >= 4 is 6.88 Å². The Balaban J connectivity index is -0.000000149. The summed E-state index contributed by atoms with van der Waals surface area (Å²) in [5, 5.41) is 0. The number of rotatable bonds is 0. The van der Waals surface area contributed by atoms with Crippen LogP contribution in [0.5, 0.6) is 0 Å². The molecule has 2 aliphatic rings. The second-order valence-corrected chi connectivity index (χ2v) is 2.47. The molecule has 0 aromatic rings. The van der Waals surface area contributed by atoms with E-state index in [9.17, 15) is 0 Å². The normalized spacial score (nSPS) is 13.5. The van der Waals surface area contributed by atoms with Gasteiger partial charge < -0.3 is 14.9 Å². The van der Waals surface area contributed by atoms with Gasteiger partial charge in [-0.25, -0.2) is 23.8 Å². The van der Waals surface area contributed by atoms with E-state index in [0.29, 0.717) is 0 Å². The van der Waals surface area contributed by atoms with Gasteiger partial charge in [-0.15, -0.1) is 12.8 Å². The molecule has 2 heteroatoms. The summed E-state index contributed by atoms with van der Waals surface area (Å²) >= 11 is 1.58. The fourth-order valence-corrected chi connectivity index (χ4v) is 0.855. The maximum absolute atomic E-state index is 3.12. The van der Waals surface area contributed by atoms with E-state index in [1.807, 2.05) is 19.0 Å². The van der Waals surface area contributed by atoms with Crippen molar-refractivity contribution in [1.82, 2.24) is 0 Å². The standard InChI is InChI=1S/C6H7.C5H5.2CH3.H2Si.Zr/c1-6-4-2-3-5-6;1-2-4-5-3-1;;;;/h2,4H,3H2,1H3;1-3H,4H2;2*1H3;1H2;/q4*-1;;. The van der Waals surface area contributed by atoms with Crippen molar-refractivity contribution < 1.29 is 23.3 Å². The molecular formula is C13H20SiZr-4. The van der Waals surface area contributed by atoms with Gasteiger partial charge in [-0.2, -0.15) is 12.2 Å². The summed E-state index contributed by atoms with van der Waals surface area (Å²) in [6.07, 6.45) is 18.3. The van der Waals surface area contributed by atoms with Crippen molar-refractivity contribution in [2.24, 2.45) is 0 Å². The minimum absolute atomic E-state index is 0. The fourth-order valence-electron chi connectivity index (χ4n) is 0.855. The van der Waals surface area contributed by atoms with Gasteiger partial charge in [0.1, 0.15) is 0 Å². The summed E-state index contributed by atoms with van der Waals surface area (Å²) in [4.78, 5) is 0. The summed E-state index contributed by atoms with van der Waals surface area (Å²) in [6.45, 7) is 4.01. The second-order valence-electron chi connectivity index (χ2n) is 2.47. The SMILES string of the molecule is CC1=[C-]CC=C1.[C-]1=CC=CC1.[CH3-].[CH3-].[SiH2]=[Zr].